The normalized spacial score (nSPS) is 16.0. The zero-order valence-electron chi connectivity index (χ0n) is 11.7. The molecule has 0 spiro atoms. The zero-order chi connectivity index (χ0) is 16.9. The number of hydrogen-bond donors (Lipinski definition) is 3. The van der Waals surface area contributed by atoms with Crippen LogP contribution in [0.4, 0.5) is 13.2 Å². The lowest BCUT2D eigenvalue weighted by Crippen LogP contribution is -2.39. The number of carboxylic acids is 2. The molecule has 2 rings (SSSR count). The molecule has 8 heteroatoms. The molecule has 0 amide bonds. The van der Waals surface area contributed by atoms with Crippen LogP contribution in [0.1, 0.15) is 29.9 Å². The maximum atomic E-state index is 10.8. The van der Waals surface area contributed by atoms with E-state index in [0.717, 1.165) is 18.7 Å². The van der Waals surface area contributed by atoms with Crippen molar-refractivity contribution in [2.75, 3.05) is 13.1 Å². The number of benzene rings is 1. The number of rotatable bonds is 3. The van der Waals surface area contributed by atoms with Gasteiger partial charge >= 0.3 is 18.1 Å². The number of halogens is 3. The van der Waals surface area contributed by atoms with Gasteiger partial charge < -0.3 is 15.5 Å². The largest absolute Gasteiger partial charge is 0.490 e. The summed E-state index contributed by atoms with van der Waals surface area (Å²) in [7, 11) is 0. The summed E-state index contributed by atoms with van der Waals surface area (Å²) < 4.78 is 31.7. The molecule has 0 saturated carbocycles. The zero-order valence-corrected chi connectivity index (χ0v) is 11.7. The summed E-state index contributed by atoms with van der Waals surface area (Å²) in [5.74, 6) is -3.33. The van der Waals surface area contributed by atoms with Crippen LogP contribution in [-0.2, 0) is 9.59 Å². The van der Waals surface area contributed by atoms with Crippen LogP contribution in [0.3, 0.4) is 0 Å². The SMILES string of the molecule is CC(C(=O)O)c1ccc(C2CNC2)cc1.O=C(O)C(F)(F)F. The van der Waals surface area contributed by atoms with Crippen molar-refractivity contribution < 1.29 is 33.0 Å². The summed E-state index contributed by atoms with van der Waals surface area (Å²) >= 11 is 0. The van der Waals surface area contributed by atoms with Crippen molar-refractivity contribution >= 4 is 11.9 Å². The van der Waals surface area contributed by atoms with E-state index in [0.29, 0.717) is 5.92 Å². The van der Waals surface area contributed by atoms with Crippen LogP contribution in [0, 0.1) is 0 Å². The highest BCUT2D eigenvalue weighted by Crippen LogP contribution is 2.22. The van der Waals surface area contributed by atoms with E-state index in [1.54, 1.807) is 6.92 Å². The number of alkyl halides is 3. The summed E-state index contributed by atoms with van der Waals surface area (Å²) in [6.07, 6.45) is -5.08. The van der Waals surface area contributed by atoms with Gasteiger partial charge in [0.2, 0.25) is 0 Å². The second-order valence-corrected chi connectivity index (χ2v) is 4.88. The topological polar surface area (TPSA) is 86.6 Å². The van der Waals surface area contributed by atoms with Crippen molar-refractivity contribution in [3.8, 4) is 0 Å². The average molecular weight is 319 g/mol. The van der Waals surface area contributed by atoms with Gasteiger partial charge in [-0.15, -0.1) is 0 Å². The Morgan fingerprint density at radius 2 is 1.64 bits per heavy atom. The first-order valence-corrected chi connectivity index (χ1v) is 6.46. The Morgan fingerprint density at radius 1 is 1.18 bits per heavy atom. The number of nitrogens with one attached hydrogen (secondary N) is 1. The highest BCUT2D eigenvalue weighted by atomic mass is 19.4. The molecule has 0 aromatic heterocycles. The minimum absolute atomic E-state index is 0.418. The molecule has 1 aromatic rings. The summed E-state index contributed by atoms with van der Waals surface area (Å²) in [5, 5.41) is 19.2. The molecule has 5 nitrogen and oxygen atoms in total. The van der Waals surface area contributed by atoms with E-state index in [4.69, 9.17) is 15.0 Å². The van der Waals surface area contributed by atoms with E-state index in [1.807, 2.05) is 24.3 Å². The van der Waals surface area contributed by atoms with Crippen molar-refractivity contribution in [1.29, 1.82) is 0 Å². The molecule has 1 unspecified atom stereocenters. The Morgan fingerprint density at radius 3 is 1.91 bits per heavy atom. The van der Waals surface area contributed by atoms with Crippen LogP contribution < -0.4 is 5.32 Å². The van der Waals surface area contributed by atoms with Gasteiger partial charge in [0.15, 0.2) is 0 Å². The highest BCUT2D eigenvalue weighted by molar-refractivity contribution is 5.75. The second kappa shape index (κ2) is 7.26. The summed E-state index contributed by atoms with van der Waals surface area (Å²) in [4.78, 5) is 19.7. The van der Waals surface area contributed by atoms with E-state index in [2.05, 4.69) is 5.32 Å². The Kier molecular flexibility index (Phi) is 5.92. The molecule has 0 radical (unpaired) electrons. The fourth-order valence-electron chi connectivity index (χ4n) is 1.72. The van der Waals surface area contributed by atoms with Crippen molar-refractivity contribution in [3.05, 3.63) is 35.4 Å². The van der Waals surface area contributed by atoms with Crippen molar-refractivity contribution in [2.24, 2.45) is 0 Å². The van der Waals surface area contributed by atoms with Gasteiger partial charge in [-0.25, -0.2) is 4.79 Å². The Labute approximate surface area is 124 Å². The second-order valence-electron chi connectivity index (χ2n) is 4.88. The summed E-state index contributed by atoms with van der Waals surface area (Å²) in [6.45, 7) is 3.78. The lowest BCUT2D eigenvalue weighted by Gasteiger charge is -2.27. The van der Waals surface area contributed by atoms with Gasteiger partial charge in [-0.3, -0.25) is 4.79 Å². The van der Waals surface area contributed by atoms with Crippen LogP contribution in [0.25, 0.3) is 0 Å². The van der Waals surface area contributed by atoms with Crippen molar-refractivity contribution in [3.63, 3.8) is 0 Å². The predicted octanol–water partition coefficient (Wildman–Crippen LogP) is 2.19. The standard InChI is InChI=1S/C12H15NO2.C2HF3O2/c1-8(12(14)15)9-2-4-10(5-3-9)11-6-13-7-11;3-2(4,5)1(6)7/h2-5,8,11,13H,6-7H2,1H3,(H,14,15);(H,6,7). The van der Waals surface area contributed by atoms with Crippen LogP contribution in [0.2, 0.25) is 0 Å². The van der Waals surface area contributed by atoms with Crippen LogP contribution in [0.5, 0.6) is 0 Å². The fraction of sp³-hybridized carbons (Fsp3) is 0.429. The molecule has 22 heavy (non-hydrogen) atoms. The maximum Gasteiger partial charge on any atom is 0.490 e. The van der Waals surface area contributed by atoms with E-state index in [9.17, 15) is 18.0 Å². The summed E-state index contributed by atoms with van der Waals surface area (Å²) in [6, 6.07) is 7.93. The quantitative estimate of drug-likeness (QED) is 0.795. The van der Waals surface area contributed by atoms with Gasteiger partial charge in [0.1, 0.15) is 0 Å². The van der Waals surface area contributed by atoms with E-state index in [-0.39, 0.29) is 0 Å². The van der Waals surface area contributed by atoms with Crippen LogP contribution >= 0.6 is 0 Å². The maximum absolute atomic E-state index is 10.8. The van der Waals surface area contributed by atoms with E-state index < -0.39 is 24.0 Å². The first-order chi connectivity index (χ1) is 10.1. The molecule has 122 valence electrons. The molecule has 1 atom stereocenters. The third-order valence-electron chi connectivity index (χ3n) is 3.30. The van der Waals surface area contributed by atoms with Gasteiger partial charge in [0, 0.05) is 19.0 Å². The fourth-order valence-corrected chi connectivity index (χ4v) is 1.72. The lowest BCUT2D eigenvalue weighted by atomic mass is 9.91. The van der Waals surface area contributed by atoms with Gasteiger partial charge in [-0.2, -0.15) is 13.2 Å². The summed E-state index contributed by atoms with van der Waals surface area (Å²) in [5.41, 5.74) is 2.17. The average Bonchev–Trinajstić information content (AvgIpc) is 2.36. The smallest absolute Gasteiger partial charge is 0.481 e. The Bertz CT molecular complexity index is 524. The molecule has 1 fully saturated rings. The van der Waals surface area contributed by atoms with Gasteiger partial charge in [0.25, 0.3) is 0 Å². The molecular weight excluding hydrogens is 303 g/mol. The molecule has 1 aromatic carbocycles. The van der Waals surface area contributed by atoms with Crippen LogP contribution in [-0.4, -0.2) is 41.4 Å². The molecular formula is C14H16F3NO4. The number of carbonyl (C=O) groups is 2. The number of hydrogen-bond acceptors (Lipinski definition) is 3. The first kappa shape index (κ1) is 18.0. The molecule has 3 N–H and O–H groups in total. The third kappa shape index (κ3) is 5.03. The van der Waals surface area contributed by atoms with E-state index in [1.165, 1.54) is 5.56 Å². The first-order valence-electron chi connectivity index (χ1n) is 6.46. The van der Waals surface area contributed by atoms with Gasteiger partial charge in [-0.1, -0.05) is 24.3 Å². The molecule has 1 saturated heterocycles. The Balaban J connectivity index is 0.000000295. The number of carboxylic acid groups (broad SMARTS) is 2. The van der Waals surface area contributed by atoms with Crippen LogP contribution in [0.15, 0.2) is 24.3 Å². The third-order valence-corrected chi connectivity index (χ3v) is 3.30. The van der Waals surface area contributed by atoms with E-state index >= 15 is 0 Å². The van der Waals surface area contributed by atoms with Gasteiger partial charge in [-0.05, 0) is 18.1 Å². The highest BCUT2D eigenvalue weighted by Gasteiger charge is 2.38. The van der Waals surface area contributed by atoms with Crippen molar-refractivity contribution in [2.45, 2.75) is 24.9 Å². The lowest BCUT2D eigenvalue weighted by molar-refractivity contribution is -0.192. The molecule has 0 aliphatic carbocycles. The Hall–Kier alpha value is -2.09. The molecule has 1 aliphatic heterocycles. The minimum atomic E-state index is -5.08. The molecule has 1 heterocycles. The molecule has 0 bridgehead atoms. The molecule has 1 aliphatic rings. The predicted molar refractivity (Wildman–Crippen MR) is 71.8 cm³/mol. The monoisotopic (exact) mass is 319 g/mol. The minimum Gasteiger partial charge on any atom is -0.481 e. The number of aliphatic carboxylic acids is 2. The van der Waals surface area contributed by atoms with Gasteiger partial charge in [0.05, 0.1) is 5.92 Å². The van der Waals surface area contributed by atoms with Crippen molar-refractivity contribution in [1.82, 2.24) is 5.32 Å².